The van der Waals surface area contributed by atoms with Gasteiger partial charge in [0.25, 0.3) is 0 Å². The summed E-state index contributed by atoms with van der Waals surface area (Å²) in [6, 6.07) is 37.4. The second-order valence-electron chi connectivity index (χ2n) is 9.07. The molecule has 192 valence electrons. The summed E-state index contributed by atoms with van der Waals surface area (Å²) in [6.07, 6.45) is 0. The molecule has 6 heteroatoms. The minimum Gasteiger partial charge on any atom is -0.478 e. The number of carboxylic acid groups (broad SMARTS) is 2. The Kier molecular flexibility index (Phi) is 7.10. The van der Waals surface area contributed by atoms with Gasteiger partial charge in [-0.05, 0) is 55.0 Å². The molecule has 4 N–H and O–H groups in total. The smallest absolute Gasteiger partial charge is 0.335 e. The van der Waals surface area contributed by atoms with Gasteiger partial charge in [0, 0.05) is 43.6 Å². The molecule has 2 aromatic heterocycles. The summed E-state index contributed by atoms with van der Waals surface area (Å²) in [6.45, 7) is 1.57. The third kappa shape index (κ3) is 5.36. The first-order chi connectivity index (χ1) is 18.9. The van der Waals surface area contributed by atoms with Crippen LogP contribution in [0.25, 0.3) is 43.6 Å². The van der Waals surface area contributed by atoms with Crippen molar-refractivity contribution in [2.24, 2.45) is 0 Å². The quantitative estimate of drug-likeness (QED) is 0.187. The van der Waals surface area contributed by atoms with E-state index in [0.717, 1.165) is 0 Å². The molecule has 0 saturated heterocycles. The zero-order valence-corrected chi connectivity index (χ0v) is 21.2. The Morgan fingerprint density at radius 2 is 0.872 bits per heavy atom. The molecular weight excluding hydrogens is 488 g/mol. The Bertz CT molecular complexity index is 1740. The van der Waals surface area contributed by atoms with E-state index in [1.54, 1.807) is 6.92 Å². The third-order valence-electron chi connectivity index (χ3n) is 6.53. The van der Waals surface area contributed by atoms with Crippen LogP contribution in [-0.2, 0) is 0 Å². The van der Waals surface area contributed by atoms with Crippen molar-refractivity contribution >= 4 is 55.6 Å². The highest BCUT2D eigenvalue weighted by Gasteiger charge is 2.09. The first-order valence-corrected chi connectivity index (χ1v) is 12.4. The molecular formula is C33H26N2O4. The number of para-hydroxylation sites is 4. The van der Waals surface area contributed by atoms with Gasteiger partial charge in [-0.3, -0.25) is 0 Å². The fourth-order valence-corrected chi connectivity index (χ4v) is 4.63. The van der Waals surface area contributed by atoms with Gasteiger partial charge < -0.3 is 20.2 Å². The lowest BCUT2D eigenvalue weighted by molar-refractivity contribution is 0.0680. The SMILES string of the molecule is Cc1cc(C(=O)O)ccc1C(=O)O.c1ccc2c(c1)[nH]c1ccccc12.c1ccc2c(c1)[nH]c1ccccc12. The number of carboxylic acids is 2. The predicted octanol–water partition coefficient (Wildman–Crippen LogP) is 8.03. The van der Waals surface area contributed by atoms with Gasteiger partial charge in [-0.25, -0.2) is 9.59 Å². The van der Waals surface area contributed by atoms with E-state index in [4.69, 9.17) is 10.2 Å². The molecule has 2 heterocycles. The Morgan fingerprint density at radius 1 is 0.513 bits per heavy atom. The summed E-state index contributed by atoms with van der Waals surface area (Å²) >= 11 is 0. The van der Waals surface area contributed by atoms with E-state index in [9.17, 15) is 9.59 Å². The molecule has 0 atom stereocenters. The van der Waals surface area contributed by atoms with Crippen LogP contribution in [0, 0.1) is 6.92 Å². The van der Waals surface area contributed by atoms with E-state index in [0.29, 0.717) is 5.56 Å². The van der Waals surface area contributed by atoms with Crippen LogP contribution >= 0.6 is 0 Å². The number of nitrogens with one attached hydrogen (secondary N) is 2. The number of hydrogen-bond donors (Lipinski definition) is 4. The van der Waals surface area contributed by atoms with E-state index in [1.807, 2.05) is 0 Å². The molecule has 0 radical (unpaired) electrons. The summed E-state index contributed by atoms with van der Waals surface area (Å²) in [5.41, 5.74) is 5.53. The van der Waals surface area contributed by atoms with E-state index in [1.165, 1.54) is 61.8 Å². The zero-order chi connectivity index (χ0) is 27.4. The molecule has 6 nitrogen and oxygen atoms in total. The summed E-state index contributed by atoms with van der Waals surface area (Å²) < 4.78 is 0. The second kappa shape index (κ2) is 10.9. The topological polar surface area (TPSA) is 106 Å². The number of rotatable bonds is 2. The number of aromatic amines is 2. The molecule has 0 aliphatic carbocycles. The van der Waals surface area contributed by atoms with Crippen LogP contribution in [0.2, 0.25) is 0 Å². The van der Waals surface area contributed by atoms with Crippen LogP contribution in [0.5, 0.6) is 0 Å². The number of aryl methyl sites for hydroxylation is 1. The fourth-order valence-electron chi connectivity index (χ4n) is 4.63. The maximum Gasteiger partial charge on any atom is 0.335 e. The summed E-state index contributed by atoms with van der Waals surface area (Å²) in [5, 5.41) is 22.5. The average molecular weight is 515 g/mol. The Balaban J connectivity index is 0.000000119. The molecule has 0 spiro atoms. The minimum atomic E-state index is -1.06. The Hall–Kier alpha value is -5.36. The van der Waals surface area contributed by atoms with Crippen LogP contribution in [0.3, 0.4) is 0 Å². The van der Waals surface area contributed by atoms with Gasteiger partial charge in [0.1, 0.15) is 0 Å². The van der Waals surface area contributed by atoms with Crippen molar-refractivity contribution in [2.75, 3.05) is 0 Å². The average Bonchev–Trinajstić information content (AvgIpc) is 3.52. The van der Waals surface area contributed by atoms with E-state index in [2.05, 4.69) is 107 Å². The van der Waals surface area contributed by atoms with Crippen molar-refractivity contribution in [3.05, 3.63) is 132 Å². The molecule has 0 bridgehead atoms. The van der Waals surface area contributed by atoms with Crippen LogP contribution in [0.4, 0.5) is 0 Å². The molecule has 0 aliphatic heterocycles. The number of carbonyl (C=O) groups is 2. The minimum absolute atomic E-state index is 0.0995. The zero-order valence-electron chi connectivity index (χ0n) is 21.2. The van der Waals surface area contributed by atoms with Crippen molar-refractivity contribution in [3.8, 4) is 0 Å². The van der Waals surface area contributed by atoms with Gasteiger partial charge in [-0.2, -0.15) is 0 Å². The van der Waals surface area contributed by atoms with Crippen molar-refractivity contribution < 1.29 is 19.8 Å². The van der Waals surface area contributed by atoms with Gasteiger partial charge in [0.05, 0.1) is 11.1 Å². The van der Waals surface area contributed by atoms with Gasteiger partial charge in [0.2, 0.25) is 0 Å². The Labute approximate surface area is 224 Å². The van der Waals surface area contributed by atoms with E-state index >= 15 is 0 Å². The normalized spacial score (nSPS) is 10.6. The van der Waals surface area contributed by atoms with Gasteiger partial charge in [-0.15, -0.1) is 0 Å². The van der Waals surface area contributed by atoms with Crippen molar-refractivity contribution in [2.45, 2.75) is 6.92 Å². The number of benzene rings is 5. The molecule has 39 heavy (non-hydrogen) atoms. The highest BCUT2D eigenvalue weighted by atomic mass is 16.4. The number of hydrogen-bond acceptors (Lipinski definition) is 2. The summed E-state index contributed by atoms with van der Waals surface area (Å²) in [5.74, 6) is -2.10. The van der Waals surface area contributed by atoms with Crippen molar-refractivity contribution in [1.29, 1.82) is 0 Å². The number of H-pyrrole nitrogens is 2. The van der Waals surface area contributed by atoms with Gasteiger partial charge in [-0.1, -0.05) is 72.8 Å². The highest BCUT2D eigenvalue weighted by Crippen LogP contribution is 2.25. The lowest BCUT2D eigenvalue weighted by Crippen LogP contribution is -2.03. The monoisotopic (exact) mass is 514 g/mol. The lowest BCUT2D eigenvalue weighted by Gasteiger charge is -2.01. The molecule has 0 unspecified atom stereocenters. The summed E-state index contributed by atoms with van der Waals surface area (Å²) in [4.78, 5) is 27.8. The van der Waals surface area contributed by atoms with E-state index < -0.39 is 11.9 Å². The van der Waals surface area contributed by atoms with Crippen molar-refractivity contribution in [3.63, 3.8) is 0 Å². The highest BCUT2D eigenvalue weighted by molar-refractivity contribution is 6.07. The second-order valence-corrected chi connectivity index (χ2v) is 9.07. The standard InChI is InChI=1S/2C12H9N.C9H8O4/c2*1-3-7-11-9(5-1)10-6-2-4-8-12(10)13-11;1-5-4-6(8(10)11)2-3-7(5)9(12)13/h2*1-8,13H;2-4H,1H3,(H,10,11)(H,12,13). The van der Waals surface area contributed by atoms with Crippen LogP contribution in [-0.4, -0.2) is 32.1 Å². The van der Waals surface area contributed by atoms with Crippen LogP contribution in [0.15, 0.2) is 115 Å². The summed E-state index contributed by atoms with van der Waals surface area (Å²) in [7, 11) is 0. The van der Waals surface area contributed by atoms with Crippen LogP contribution in [0.1, 0.15) is 26.3 Å². The molecule has 7 aromatic rings. The Morgan fingerprint density at radius 3 is 1.18 bits per heavy atom. The molecule has 0 amide bonds. The molecule has 0 saturated carbocycles. The number of aromatic carboxylic acids is 2. The molecule has 5 aromatic carbocycles. The van der Waals surface area contributed by atoms with Crippen molar-refractivity contribution in [1.82, 2.24) is 9.97 Å². The number of fused-ring (bicyclic) bond motifs is 6. The van der Waals surface area contributed by atoms with Gasteiger partial charge in [0.15, 0.2) is 0 Å². The lowest BCUT2D eigenvalue weighted by atomic mass is 10.1. The molecule has 7 rings (SSSR count). The first-order valence-electron chi connectivity index (χ1n) is 12.4. The maximum absolute atomic E-state index is 10.6. The molecule has 0 fully saturated rings. The maximum atomic E-state index is 10.6. The fraction of sp³-hybridized carbons (Fsp3) is 0.0303. The van der Waals surface area contributed by atoms with Crippen LogP contribution < -0.4 is 0 Å². The van der Waals surface area contributed by atoms with Gasteiger partial charge >= 0.3 is 11.9 Å². The number of aromatic nitrogens is 2. The first kappa shape index (κ1) is 25.3. The molecule has 0 aliphatic rings. The van der Waals surface area contributed by atoms with E-state index in [-0.39, 0.29) is 11.1 Å². The largest absolute Gasteiger partial charge is 0.478 e. The third-order valence-corrected chi connectivity index (χ3v) is 6.53. The predicted molar refractivity (Wildman–Crippen MR) is 157 cm³/mol.